The van der Waals surface area contributed by atoms with Crippen molar-refractivity contribution >= 4 is 70.2 Å². The standard InChI is InChI=1S/3C20H28N4O4/c3*1-12-2-7-17(13-3-5-16(25)6-4-13)24(11-12)20(28)19(27)23-15-8-14(18(21)26)9-22-10-15/h3*8-10,12-13,16-17,25H,2-7,11H2,1H3,(H2,21,26)(H,23,27)/t3*12-,13?,16?,17+/m100/s1. The van der Waals surface area contributed by atoms with Crippen LogP contribution in [0.1, 0.15) is 167 Å². The highest BCUT2D eigenvalue weighted by Crippen LogP contribution is 2.38. The number of anilines is 3. The zero-order valence-corrected chi connectivity index (χ0v) is 48.4. The number of carbonyl (C=O) groups excluding carboxylic acids is 9. The van der Waals surface area contributed by atoms with Gasteiger partial charge in [0.05, 0.1) is 70.7 Å². The lowest BCUT2D eigenvalue weighted by Gasteiger charge is -2.44. The lowest BCUT2D eigenvalue weighted by molar-refractivity contribution is -0.148. The Labute approximate surface area is 489 Å². The molecule has 84 heavy (non-hydrogen) atoms. The number of likely N-dealkylation sites (tertiary alicyclic amines) is 3. The Hall–Kier alpha value is -7.44. The van der Waals surface area contributed by atoms with Crippen LogP contribution < -0.4 is 33.2 Å². The van der Waals surface area contributed by atoms with Crippen LogP contribution in [0.4, 0.5) is 17.1 Å². The van der Waals surface area contributed by atoms with Crippen molar-refractivity contribution in [1.82, 2.24) is 29.7 Å². The molecule has 24 nitrogen and oxygen atoms in total. The predicted octanol–water partition coefficient (Wildman–Crippen LogP) is 3.89. The quantitative estimate of drug-likeness (QED) is 0.137. The average Bonchev–Trinajstić information content (AvgIpc) is 3.26. The van der Waals surface area contributed by atoms with Crippen LogP contribution in [0.2, 0.25) is 0 Å². The number of hydrogen-bond acceptors (Lipinski definition) is 15. The fraction of sp³-hybridized carbons (Fsp3) is 0.600. The normalized spacial score (nSPS) is 27.9. The van der Waals surface area contributed by atoms with Crippen LogP contribution in [0, 0.1) is 35.5 Å². The van der Waals surface area contributed by atoms with E-state index in [1.54, 1.807) is 14.7 Å². The summed E-state index contributed by atoms with van der Waals surface area (Å²) in [5.41, 5.74) is 17.0. The molecule has 24 heteroatoms. The molecule has 0 bridgehead atoms. The summed E-state index contributed by atoms with van der Waals surface area (Å²) in [6, 6.07) is 4.28. The van der Waals surface area contributed by atoms with E-state index in [9.17, 15) is 58.5 Å². The summed E-state index contributed by atoms with van der Waals surface area (Å²) in [6.07, 6.45) is 22.7. The Kier molecular flexibility index (Phi) is 22.8. The fourth-order valence-electron chi connectivity index (χ4n) is 13.0. The second-order valence-corrected chi connectivity index (χ2v) is 24.2. The van der Waals surface area contributed by atoms with Crippen LogP contribution in [0.5, 0.6) is 0 Å². The van der Waals surface area contributed by atoms with Gasteiger partial charge in [-0.2, -0.15) is 0 Å². The number of nitrogens with one attached hydrogen (secondary N) is 3. The van der Waals surface area contributed by atoms with E-state index < -0.39 is 53.2 Å². The van der Waals surface area contributed by atoms with Crippen LogP contribution in [-0.2, 0) is 28.8 Å². The van der Waals surface area contributed by atoms with Crippen LogP contribution in [0.25, 0.3) is 0 Å². The largest absolute Gasteiger partial charge is 0.393 e. The van der Waals surface area contributed by atoms with Crippen molar-refractivity contribution in [1.29, 1.82) is 0 Å². The Bertz CT molecular complexity index is 2530. The number of amides is 9. The number of piperidine rings is 3. The minimum Gasteiger partial charge on any atom is -0.393 e. The molecule has 12 N–H and O–H groups in total. The number of aromatic nitrogens is 3. The molecule has 0 radical (unpaired) electrons. The predicted molar refractivity (Wildman–Crippen MR) is 310 cm³/mol. The minimum absolute atomic E-state index is 0.0250. The Balaban J connectivity index is 0.000000181. The number of primary amides is 3. The highest BCUT2D eigenvalue weighted by atomic mass is 16.3. The summed E-state index contributed by atoms with van der Waals surface area (Å²) in [6.45, 7) is 7.90. The number of rotatable bonds is 9. The van der Waals surface area contributed by atoms with Crippen LogP contribution in [-0.4, -0.2) is 154 Å². The first-order valence-corrected chi connectivity index (χ1v) is 29.7. The first-order valence-electron chi connectivity index (χ1n) is 29.7. The summed E-state index contributed by atoms with van der Waals surface area (Å²) >= 11 is 0. The van der Waals surface area contributed by atoms with Gasteiger partial charge in [0.2, 0.25) is 17.7 Å². The van der Waals surface area contributed by atoms with Crippen molar-refractivity contribution < 1.29 is 58.5 Å². The highest BCUT2D eigenvalue weighted by molar-refractivity contribution is 6.40. The van der Waals surface area contributed by atoms with Gasteiger partial charge in [0.1, 0.15) is 0 Å². The van der Waals surface area contributed by atoms with E-state index in [-0.39, 0.29) is 70.2 Å². The maximum atomic E-state index is 12.9. The molecule has 6 atom stereocenters. The summed E-state index contributed by atoms with van der Waals surface area (Å²) < 4.78 is 0. The lowest BCUT2D eigenvalue weighted by Crippen LogP contribution is -2.53. The molecule has 0 aromatic carbocycles. The first kappa shape index (κ1) is 64.1. The zero-order valence-electron chi connectivity index (χ0n) is 48.4. The number of carbonyl (C=O) groups is 9. The molecule has 9 rings (SSSR count). The molecule has 6 heterocycles. The molecule has 3 saturated carbocycles. The monoisotopic (exact) mass is 1160 g/mol. The van der Waals surface area contributed by atoms with Crippen molar-refractivity contribution in [2.45, 2.75) is 173 Å². The fourth-order valence-corrected chi connectivity index (χ4v) is 13.0. The van der Waals surface area contributed by atoms with E-state index >= 15 is 0 Å². The molecule has 3 aromatic heterocycles. The van der Waals surface area contributed by atoms with E-state index in [1.807, 2.05) is 0 Å². The molecule has 3 aliphatic carbocycles. The van der Waals surface area contributed by atoms with Gasteiger partial charge in [0.25, 0.3) is 0 Å². The molecule has 3 aliphatic heterocycles. The molecule has 9 amide bonds. The highest BCUT2D eigenvalue weighted by Gasteiger charge is 2.42. The number of aliphatic hydroxyl groups excluding tert-OH is 3. The summed E-state index contributed by atoms with van der Waals surface area (Å²) in [5.74, 6) is -3.92. The Morgan fingerprint density at radius 1 is 0.381 bits per heavy atom. The minimum atomic E-state index is -0.738. The molecule has 3 saturated heterocycles. The third kappa shape index (κ3) is 17.6. The molecule has 456 valence electrons. The second-order valence-electron chi connectivity index (χ2n) is 24.2. The van der Waals surface area contributed by atoms with E-state index in [2.05, 4.69) is 51.7 Å². The molecule has 0 unspecified atom stereocenters. The number of nitrogens with two attached hydrogens (primary N) is 3. The zero-order chi connectivity index (χ0) is 60.8. The number of aliphatic hydroxyl groups is 3. The van der Waals surface area contributed by atoms with E-state index in [0.29, 0.717) is 55.1 Å². The smallest absolute Gasteiger partial charge is 0.313 e. The van der Waals surface area contributed by atoms with Crippen molar-refractivity contribution in [2.75, 3.05) is 35.6 Å². The van der Waals surface area contributed by atoms with Crippen molar-refractivity contribution in [3.63, 3.8) is 0 Å². The third-order valence-electron chi connectivity index (χ3n) is 17.7. The maximum Gasteiger partial charge on any atom is 0.313 e. The van der Waals surface area contributed by atoms with Gasteiger partial charge < -0.3 is 63.2 Å². The van der Waals surface area contributed by atoms with Gasteiger partial charge in [-0.15, -0.1) is 0 Å². The van der Waals surface area contributed by atoms with Crippen molar-refractivity contribution in [3.8, 4) is 0 Å². The summed E-state index contributed by atoms with van der Waals surface area (Å²) in [5, 5.41) is 36.9. The van der Waals surface area contributed by atoms with Gasteiger partial charge in [0.15, 0.2) is 0 Å². The molecule has 0 spiro atoms. The van der Waals surface area contributed by atoms with Gasteiger partial charge in [-0.05, 0) is 169 Å². The average molecular weight is 1170 g/mol. The lowest BCUT2D eigenvalue weighted by atomic mass is 9.77. The summed E-state index contributed by atoms with van der Waals surface area (Å²) in [4.78, 5) is 127. The van der Waals surface area contributed by atoms with Crippen LogP contribution >= 0.6 is 0 Å². The second kappa shape index (κ2) is 29.9. The topological polar surface area (TPSA) is 377 Å². The molecule has 3 aromatic rings. The van der Waals surface area contributed by atoms with E-state index in [4.69, 9.17) is 17.2 Å². The Morgan fingerprint density at radius 2 is 0.619 bits per heavy atom. The van der Waals surface area contributed by atoms with E-state index in [1.165, 1.54) is 55.4 Å². The molecular formula is C60H84N12O12. The van der Waals surface area contributed by atoms with E-state index in [0.717, 1.165) is 116 Å². The summed E-state index contributed by atoms with van der Waals surface area (Å²) in [7, 11) is 0. The third-order valence-corrected chi connectivity index (χ3v) is 17.7. The molecular weight excluding hydrogens is 1080 g/mol. The van der Waals surface area contributed by atoms with Crippen molar-refractivity contribution in [3.05, 3.63) is 72.1 Å². The molecule has 6 fully saturated rings. The number of nitrogens with zero attached hydrogens (tertiary/aromatic N) is 6. The van der Waals surface area contributed by atoms with Gasteiger partial charge >= 0.3 is 35.4 Å². The first-order chi connectivity index (χ1) is 40.0. The Morgan fingerprint density at radius 3 is 0.845 bits per heavy atom. The molecule has 6 aliphatic rings. The van der Waals surface area contributed by atoms with Crippen molar-refractivity contribution in [2.24, 2.45) is 52.7 Å². The van der Waals surface area contributed by atoms with Crippen LogP contribution in [0.15, 0.2) is 55.4 Å². The van der Waals surface area contributed by atoms with Gasteiger partial charge in [-0.3, -0.25) is 58.1 Å². The van der Waals surface area contributed by atoms with Gasteiger partial charge in [-0.1, -0.05) is 20.8 Å². The number of hydrogen-bond donors (Lipinski definition) is 9. The maximum absolute atomic E-state index is 12.9. The van der Waals surface area contributed by atoms with Crippen LogP contribution in [0.3, 0.4) is 0 Å². The number of pyridine rings is 3. The SMILES string of the molecule is C[C@@H]1CC[C@@H](C2CCC(O)CC2)N(C(=O)C(=O)Nc2cncc(C(N)=O)c2)C1.C[C@H]1CC[C@H](C2CCC(O)CC2)N(C(=O)C(=O)Nc2cncc(C(N)=O)c2)C1.C[C@H]1CC[C@H](C2CCC(O)CC2)N(C(=O)C(=O)Nc2cncc(C(N)=O)c2)C1. The van der Waals surface area contributed by atoms with Gasteiger partial charge in [0, 0.05) is 56.4 Å². The van der Waals surface area contributed by atoms with Gasteiger partial charge in [-0.25, -0.2) is 0 Å².